The lowest BCUT2D eigenvalue weighted by Crippen LogP contribution is -2.66. The van der Waals surface area contributed by atoms with Crippen LogP contribution in [0.3, 0.4) is 0 Å². The van der Waals surface area contributed by atoms with Gasteiger partial charge in [0.25, 0.3) is 0 Å². The molecule has 2 saturated heterocycles. The van der Waals surface area contributed by atoms with E-state index in [-0.39, 0.29) is 0 Å². The minimum absolute atomic E-state index is 0.490. The normalized spacial score (nSPS) is 22.3. The highest BCUT2D eigenvalue weighted by molar-refractivity contribution is 5.48. The molecule has 1 spiro atoms. The number of aromatic nitrogens is 1. The number of rotatable bonds is 2. The van der Waals surface area contributed by atoms with Gasteiger partial charge >= 0.3 is 0 Å². The maximum absolute atomic E-state index is 5.26. The molecule has 0 atom stereocenters. The van der Waals surface area contributed by atoms with Crippen LogP contribution in [0.5, 0.6) is 0 Å². The molecule has 0 bridgehead atoms. The molecule has 0 saturated carbocycles. The molecule has 0 radical (unpaired) electrons. The summed E-state index contributed by atoms with van der Waals surface area (Å²) in [6.07, 6.45) is 3.00. The van der Waals surface area contributed by atoms with Crippen molar-refractivity contribution in [2.75, 3.05) is 31.2 Å². The fraction of sp³-hybridized carbons (Fsp3) is 0.583. The Morgan fingerprint density at radius 2 is 2.20 bits per heavy atom. The fourth-order valence-electron chi connectivity index (χ4n) is 2.33. The molecule has 3 nitrogen and oxygen atoms in total. The van der Waals surface area contributed by atoms with E-state index >= 15 is 0 Å². The van der Waals surface area contributed by atoms with Gasteiger partial charge in [0.1, 0.15) is 0 Å². The van der Waals surface area contributed by atoms with Crippen LogP contribution in [0.25, 0.3) is 0 Å². The van der Waals surface area contributed by atoms with Crippen molar-refractivity contribution >= 4 is 5.69 Å². The van der Waals surface area contributed by atoms with E-state index in [4.69, 9.17) is 4.74 Å². The van der Waals surface area contributed by atoms with E-state index in [2.05, 4.69) is 28.9 Å². The van der Waals surface area contributed by atoms with Crippen LogP contribution in [0, 0.1) is 5.41 Å². The first-order valence-electron chi connectivity index (χ1n) is 5.59. The summed E-state index contributed by atoms with van der Waals surface area (Å²) in [6, 6.07) is 4.30. The molecule has 3 heteroatoms. The molecule has 3 rings (SSSR count). The number of ether oxygens (including phenoxy) is 1. The van der Waals surface area contributed by atoms with Crippen molar-refractivity contribution in [1.82, 2.24) is 4.98 Å². The lowest BCUT2D eigenvalue weighted by molar-refractivity contribution is -0.127. The molecule has 3 heterocycles. The van der Waals surface area contributed by atoms with Gasteiger partial charge in [-0.15, -0.1) is 0 Å². The Morgan fingerprint density at radius 3 is 2.67 bits per heavy atom. The highest BCUT2D eigenvalue weighted by Gasteiger charge is 2.49. The molecule has 2 aliphatic rings. The van der Waals surface area contributed by atoms with Crippen LogP contribution in [0.2, 0.25) is 0 Å². The topological polar surface area (TPSA) is 25.4 Å². The molecule has 2 fully saturated rings. The monoisotopic (exact) mass is 204 g/mol. The smallest absolute Gasteiger partial charge is 0.0579 e. The Bertz CT molecular complexity index is 348. The summed E-state index contributed by atoms with van der Waals surface area (Å²) in [5.41, 5.74) is 2.91. The van der Waals surface area contributed by atoms with Gasteiger partial charge in [0.2, 0.25) is 0 Å². The Morgan fingerprint density at radius 1 is 1.40 bits per heavy atom. The Hall–Kier alpha value is -1.09. The first kappa shape index (κ1) is 9.16. The molecule has 0 aliphatic carbocycles. The number of hydrogen-bond acceptors (Lipinski definition) is 3. The third-order valence-electron chi connectivity index (χ3n) is 3.41. The van der Waals surface area contributed by atoms with Crippen molar-refractivity contribution in [3.63, 3.8) is 0 Å². The van der Waals surface area contributed by atoms with Crippen LogP contribution >= 0.6 is 0 Å². The van der Waals surface area contributed by atoms with E-state index in [0.29, 0.717) is 5.41 Å². The van der Waals surface area contributed by atoms with Gasteiger partial charge < -0.3 is 9.64 Å². The number of aryl methyl sites for hydroxylation is 1. The van der Waals surface area contributed by atoms with Crippen LogP contribution in [0.15, 0.2) is 18.3 Å². The Kier molecular flexibility index (Phi) is 1.96. The molecule has 80 valence electrons. The van der Waals surface area contributed by atoms with E-state index in [9.17, 15) is 0 Å². The fourth-order valence-corrected chi connectivity index (χ4v) is 2.33. The third kappa shape index (κ3) is 1.42. The molecule has 0 aromatic carbocycles. The summed E-state index contributed by atoms with van der Waals surface area (Å²) in [7, 11) is 0. The molecule has 1 aromatic heterocycles. The van der Waals surface area contributed by atoms with E-state index in [1.165, 1.54) is 11.4 Å². The van der Waals surface area contributed by atoms with Gasteiger partial charge in [-0.1, -0.05) is 6.92 Å². The summed E-state index contributed by atoms with van der Waals surface area (Å²) >= 11 is 0. The third-order valence-corrected chi connectivity index (χ3v) is 3.41. The molecule has 0 unspecified atom stereocenters. The van der Waals surface area contributed by atoms with Gasteiger partial charge in [0.15, 0.2) is 0 Å². The van der Waals surface area contributed by atoms with Crippen LogP contribution in [-0.4, -0.2) is 31.3 Å². The van der Waals surface area contributed by atoms with Crippen molar-refractivity contribution in [2.24, 2.45) is 5.41 Å². The summed E-state index contributed by atoms with van der Waals surface area (Å²) < 4.78 is 5.26. The zero-order valence-electron chi connectivity index (χ0n) is 9.07. The summed E-state index contributed by atoms with van der Waals surface area (Å²) in [5.74, 6) is 0. The Balaban J connectivity index is 1.67. The van der Waals surface area contributed by atoms with Crippen LogP contribution in [0.4, 0.5) is 5.69 Å². The average Bonchev–Trinajstić information content (AvgIpc) is 2.14. The van der Waals surface area contributed by atoms with Crippen LogP contribution in [-0.2, 0) is 11.2 Å². The van der Waals surface area contributed by atoms with Crippen LogP contribution in [0.1, 0.15) is 12.6 Å². The van der Waals surface area contributed by atoms with E-state index in [1.807, 2.05) is 6.20 Å². The van der Waals surface area contributed by atoms with E-state index in [0.717, 1.165) is 32.7 Å². The molecule has 0 N–H and O–H groups in total. The standard InChI is InChI=1S/C12H16N2O/c1-2-10-3-4-11(5-13-10)14-6-12(7-14)8-15-9-12/h3-5H,2,6-9H2,1H3. The van der Waals surface area contributed by atoms with Crippen molar-refractivity contribution in [2.45, 2.75) is 13.3 Å². The summed E-state index contributed by atoms with van der Waals surface area (Å²) in [4.78, 5) is 6.80. The van der Waals surface area contributed by atoms with Gasteiger partial charge in [-0.3, -0.25) is 4.98 Å². The predicted octanol–water partition coefficient (Wildman–Crippen LogP) is 1.48. The molecule has 0 amide bonds. The van der Waals surface area contributed by atoms with Gasteiger partial charge in [0, 0.05) is 18.8 Å². The average molecular weight is 204 g/mol. The van der Waals surface area contributed by atoms with Gasteiger partial charge in [0.05, 0.1) is 30.5 Å². The quantitative estimate of drug-likeness (QED) is 0.729. The number of hydrogen-bond donors (Lipinski definition) is 0. The maximum Gasteiger partial charge on any atom is 0.0579 e. The van der Waals surface area contributed by atoms with Crippen molar-refractivity contribution in [3.05, 3.63) is 24.0 Å². The SMILES string of the molecule is CCc1ccc(N2CC3(COC3)C2)cn1. The molecular weight excluding hydrogens is 188 g/mol. The zero-order chi connectivity index (χ0) is 10.3. The minimum atomic E-state index is 0.490. The second kappa shape index (κ2) is 3.20. The van der Waals surface area contributed by atoms with Crippen molar-refractivity contribution < 1.29 is 4.74 Å². The highest BCUT2D eigenvalue weighted by atomic mass is 16.5. The molecule has 2 aliphatic heterocycles. The first-order valence-corrected chi connectivity index (χ1v) is 5.59. The highest BCUT2D eigenvalue weighted by Crippen LogP contribution is 2.39. The van der Waals surface area contributed by atoms with Crippen molar-refractivity contribution in [3.8, 4) is 0 Å². The van der Waals surface area contributed by atoms with Gasteiger partial charge in [-0.05, 0) is 18.6 Å². The number of nitrogens with zero attached hydrogens (tertiary/aromatic N) is 2. The van der Waals surface area contributed by atoms with Crippen LogP contribution < -0.4 is 4.90 Å². The summed E-state index contributed by atoms with van der Waals surface area (Å²) in [5, 5.41) is 0. The molecule has 1 aromatic rings. The molecule has 15 heavy (non-hydrogen) atoms. The second-order valence-electron chi connectivity index (χ2n) is 4.71. The van der Waals surface area contributed by atoms with Gasteiger partial charge in [-0.2, -0.15) is 0 Å². The van der Waals surface area contributed by atoms with E-state index < -0.39 is 0 Å². The first-order chi connectivity index (χ1) is 7.31. The lowest BCUT2D eigenvalue weighted by atomic mass is 9.78. The Labute approximate surface area is 90.1 Å². The van der Waals surface area contributed by atoms with E-state index in [1.54, 1.807) is 0 Å². The lowest BCUT2D eigenvalue weighted by Gasteiger charge is -2.55. The molecular formula is C12H16N2O. The zero-order valence-corrected chi connectivity index (χ0v) is 9.07. The number of pyridine rings is 1. The predicted molar refractivity (Wildman–Crippen MR) is 59.1 cm³/mol. The van der Waals surface area contributed by atoms with Crippen molar-refractivity contribution in [1.29, 1.82) is 0 Å². The maximum atomic E-state index is 5.26. The largest absolute Gasteiger partial charge is 0.380 e. The second-order valence-corrected chi connectivity index (χ2v) is 4.71. The number of anilines is 1. The van der Waals surface area contributed by atoms with Gasteiger partial charge in [-0.25, -0.2) is 0 Å². The minimum Gasteiger partial charge on any atom is -0.380 e. The summed E-state index contributed by atoms with van der Waals surface area (Å²) in [6.45, 7) is 6.31.